The molecule has 2 rings (SSSR count). The molecule has 0 bridgehead atoms. The summed E-state index contributed by atoms with van der Waals surface area (Å²) in [4.78, 5) is 12.2. The first-order valence-electron chi connectivity index (χ1n) is 5.11. The van der Waals surface area contributed by atoms with Crippen LogP contribution in [0.5, 0.6) is 0 Å². The first-order valence-corrected chi connectivity index (χ1v) is 6.70. The molecule has 0 spiro atoms. The van der Waals surface area contributed by atoms with Gasteiger partial charge in [-0.15, -0.1) is 0 Å². The predicted molar refractivity (Wildman–Crippen MR) is 68.6 cm³/mol. The highest BCUT2D eigenvalue weighted by atomic mass is 79.9. The lowest BCUT2D eigenvalue weighted by molar-refractivity contribution is 0.0948. The Labute approximate surface area is 107 Å². The van der Waals surface area contributed by atoms with Crippen molar-refractivity contribution in [3.8, 4) is 0 Å². The third-order valence-electron chi connectivity index (χ3n) is 2.91. The van der Waals surface area contributed by atoms with Gasteiger partial charge in [-0.25, -0.2) is 0 Å². The summed E-state index contributed by atoms with van der Waals surface area (Å²) in [7, 11) is 0. The number of carbonyl (C=O) groups is 1. The Morgan fingerprint density at radius 1 is 1.13 bits per heavy atom. The summed E-state index contributed by atoms with van der Waals surface area (Å²) >= 11 is 6.97. The SMILES string of the molecule is O=C(c1ccc(Br)cc1)C1(Br)CCCC1. The Bertz CT molecular complexity index is 364. The minimum atomic E-state index is -0.291. The Morgan fingerprint density at radius 3 is 2.20 bits per heavy atom. The number of halogens is 2. The van der Waals surface area contributed by atoms with E-state index in [1.54, 1.807) is 0 Å². The lowest BCUT2D eigenvalue weighted by Crippen LogP contribution is -2.28. The lowest BCUT2D eigenvalue weighted by Gasteiger charge is -2.19. The van der Waals surface area contributed by atoms with Crippen molar-refractivity contribution in [2.24, 2.45) is 0 Å². The summed E-state index contributed by atoms with van der Waals surface area (Å²) in [5.74, 6) is 0.229. The number of ketones is 1. The number of hydrogen-bond acceptors (Lipinski definition) is 1. The molecule has 1 aliphatic rings. The van der Waals surface area contributed by atoms with E-state index in [9.17, 15) is 4.79 Å². The van der Waals surface area contributed by atoms with Gasteiger partial charge in [0.2, 0.25) is 0 Å². The van der Waals surface area contributed by atoms with E-state index in [1.165, 1.54) is 0 Å². The molecule has 0 aromatic heterocycles. The van der Waals surface area contributed by atoms with Crippen LogP contribution in [0.4, 0.5) is 0 Å². The van der Waals surface area contributed by atoms with Crippen LogP contribution in [0.2, 0.25) is 0 Å². The van der Waals surface area contributed by atoms with Gasteiger partial charge in [0.05, 0.1) is 4.32 Å². The van der Waals surface area contributed by atoms with Crippen LogP contribution < -0.4 is 0 Å². The molecule has 0 saturated heterocycles. The van der Waals surface area contributed by atoms with Crippen molar-refractivity contribution in [3.63, 3.8) is 0 Å². The fourth-order valence-corrected chi connectivity index (χ4v) is 3.08. The van der Waals surface area contributed by atoms with Crippen molar-refractivity contribution in [3.05, 3.63) is 34.3 Å². The second-order valence-electron chi connectivity index (χ2n) is 4.01. The van der Waals surface area contributed by atoms with Gasteiger partial charge in [-0.1, -0.05) is 56.8 Å². The van der Waals surface area contributed by atoms with Crippen molar-refractivity contribution < 1.29 is 4.79 Å². The molecule has 0 unspecified atom stereocenters. The van der Waals surface area contributed by atoms with E-state index in [-0.39, 0.29) is 10.1 Å². The molecule has 1 nitrogen and oxygen atoms in total. The van der Waals surface area contributed by atoms with E-state index in [0.29, 0.717) is 0 Å². The minimum absolute atomic E-state index is 0.229. The smallest absolute Gasteiger partial charge is 0.179 e. The quantitative estimate of drug-likeness (QED) is 0.582. The molecule has 15 heavy (non-hydrogen) atoms. The summed E-state index contributed by atoms with van der Waals surface area (Å²) in [6.07, 6.45) is 4.21. The minimum Gasteiger partial charge on any atom is -0.293 e. The molecule has 1 saturated carbocycles. The lowest BCUT2D eigenvalue weighted by atomic mass is 9.96. The second-order valence-corrected chi connectivity index (χ2v) is 6.44. The van der Waals surface area contributed by atoms with E-state index in [4.69, 9.17) is 0 Å². The number of hydrogen-bond donors (Lipinski definition) is 0. The molecule has 3 heteroatoms. The van der Waals surface area contributed by atoms with E-state index in [0.717, 1.165) is 35.7 Å². The number of alkyl halides is 1. The third kappa shape index (κ3) is 2.34. The van der Waals surface area contributed by atoms with E-state index < -0.39 is 0 Å². The Hall–Kier alpha value is -0.150. The summed E-state index contributed by atoms with van der Waals surface area (Å²) in [6.45, 7) is 0. The van der Waals surface area contributed by atoms with E-state index in [2.05, 4.69) is 31.9 Å². The first kappa shape index (κ1) is 11.3. The molecule has 0 atom stereocenters. The molecule has 0 N–H and O–H groups in total. The average Bonchev–Trinajstić information content (AvgIpc) is 2.67. The second kappa shape index (κ2) is 4.38. The van der Waals surface area contributed by atoms with Gasteiger partial charge in [0.15, 0.2) is 5.78 Å². The predicted octanol–water partition coefficient (Wildman–Crippen LogP) is 4.34. The highest BCUT2D eigenvalue weighted by Crippen LogP contribution is 2.40. The average molecular weight is 332 g/mol. The monoisotopic (exact) mass is 330 g/mol. The number of rotatable bonds is 2. The van der Waals surface area contributed by atoms with Crippen LogP contribution in [-0.2, 0) is 0 Å². The van der Waals surface area contributed by atoms with Crippen molar-refractivity contribution in [2.75, 3.05) is 0 Å². The molecule has 1 fully saturated rings. The summed E-state index contributed by atoms with van der Waals surface area (Å²) in [6, 6.07) is 7.60. The largest absolute Gasteiger partial charge is 0.293 e. The van der Waals surface area contributed by atoms with Gasteiger partial charge in [0, 0.05) is 10.0 Å². The number of carbonyl (C=O) groups excluding carboxylic acids is 1. The van der Waals surface area contributed by atoms with Crippen LogP contribution in [-0.4, -0.2) is 10.1 Å². The van der Waals surface area contributed by atoms with Gasteiger partial charge in [-0.05, 0) is 25.0 Å². The standard InChI is InChI=1S/C12H12Br2O/c13-10-5-3-9(4-6-10)11(15)12(14)7-1-2-8-12/h3-6H,1-2,7-8H2. The van der Waals surface area contributed by atoms with E-state index >= 15 is 0 Å². The van der Waals surface area contributed by atoms with Crippen LogP contribution in [0, 0.1) is 0 Å². The highest BCUT2D eigenvalue weighted by Gasteiger charge is 2.38. The van der Waals surface area contributed by atoms with Gasteiger partial charge in [0.25, 0.3) is 0 Å². The van der Waals surface area contributed by atoms with Gasteiger partial charge in [-0.2, -0.15) is 0 Å². The van der Waals surface area contributed by atoms with Gasteiger partial charge >= 0.3 is 0 Å². The summed E-state index contributed by atoms with van der Waals surface area (Å²) in [5, 5.41) is 0. The third-order valence-corrected chi connectivity index (χ3v) is 4.59. The van der Waals surface area contributed by atoms with Crippen LogP contribution in [0.3, 0.4) is 0 Å². The molecule has 80 valence electrons. The fraction of sp³-hybridized carbons (Fsp3) is 0.417. The summed E-state index contributed by atoms with van der Waals surface area (Å²) < 4.78 is 0.718. The molecule has 0 heterocycles. The van der Waals surface area contributed by atoms with Crippen LogP contribution in [0.25, 0.3) is 0 Å². The van der Waals surface area contributed by atoms with Crippen molar-refractivity contribution in [1.29, 1.82) is 0 Å². The Morgan fingerprint density at radius 2 is 1.67 bits per heavy atom. The molecule has 0 radical (unpaired) electrons. The Balaban J connectivity index is 2.24. The van der Waals surface area contributed by atoms with Crippen LogP contribution in [0.1, 0.15) is 36.0 Å². The Kier molecular flexibility index (Phi) is 3.31. The number of benzene rings is 1. The van der Waals surface area contributed by atoms with Gasteiger partial charge < -0.3 is 0 Å². The zero-order valence-electron chi connectivity index (χ0n) is 8.30. The first-order chi connectivity index (χ1) is 7.12. The van der Waals surface area contributed by atoms with Crippen molar-refractivity contribution in [1.82, 2.24) is 0 Å². The maximum absolute atomic E-state index is 12.2. The zero-order chi connectivity index (χ0) is 10.9. The zero-order valence-corrected chi connectivity index (χ0v) is 11.5. The summed E-state index contributed by atoms with van der Waals surface area (Å²) in [5.41, 5.74) is 0.803. The topological polar surface area (TPSA) is 17.1 Å². The molecule has 1 aromatic carbocycles. The molecule has 1 aliphatic carbocycles. The van der Waals surface area contributed by atoms with Crippen LogP contribution in [0.15, 0.2) is 28.7 Å². The normalized spacial score (nSPS) is 19.1. The van der Waals surface area contributed by atoms with Crippen LogP contribution >= 0.6 is 31.9 Å². The van der Waals surface area contributed by atoms with Crippen molar-refractivity contribution in [2.45, 2.75) is 30.0 Å². The number of Topliss-reactive ketones (excluding diaryl/α,β-unsaturated/α-hetero) is 1. The van der Waals surface area contributed by atoms with Crippen molar-refractivity contribution >= 4 is 37.6 Å². The maximum Gasteiger partial charge on any atom is 0.179 e. The fourth-order valence-electron chi connectivity index (χ4n) is 2.02. The van der Waals surface area contributed by atoms with Gasteiger partial charge in [0.1, 0.15) is 0 Å². The molecule has 0 amide bonds. The highest BCUT2D eigenvalue weighted by molar-refractivity contribution is 9.10. The molecular weight excluding hydrogens is 320 g/mol. The van der Waals surface area contributed by atoms with Gasteiger partial charge in [-0.3, -0.25) is 4.79 Å². The molecular formula is C12H12Br2O. The van der Waals surface area contributed by atoms with E-state index in [1.807, 2.05) is 24.3 Å². The molecule has 0 aliphatic heterocycles. The maximum atomic E-state index is 12.2. The molecule has 1 aromatic rings.